The number of amides is 1. The molecule has 0 heterocycles. The number of aliphatic hydroxyl groups is 1. The van der Waals surface area contributed by atoms with Gasteiger partial charge in [-0.3, -0.25) is 0 Å². The minimum Gasteiger partial charge on any atom is -0.445 e. The predicted molar refractivity (Wildman–Crippen MR) is 64.1 cm³/mol. The second-order valence-corrected chi connectivity index (χ2v) is 3.59. The van der Waals surface area contributed by atoms with Crippen molar-refractivity contribution in [3.05, 3.63) is 35.9 Å². The van der Waals surface area contributed by atoms with Crippen molar-refractivity contribution >= 4 is 6.09 Å². The fourth-order valence-corrected chi connectivity index (χ4v) is 1.19. The van der Waals surface area contributed by atoms with E-state index in [0.29, 0.717) is 0 Å². The van der Waals surface area contributed by atoms with Crippen LogP contribution in [0.3, 0.4) is 0 Å². The molecule has 0 aliphatic heterocycles. The van der Waals surface area contributed by atoms with Crippen molar-refractivity contribution in [1.82, 2.24) is 5.32 Å². The molecule has 0 saturated carbocycles. The highest BCUT2D eigenvalue weighted by molar-refractivity contribution is 5.68. The molecule has 2 N–H and O–H groups in total. The van der Waals surface area contributed by atoms with Gasteiger partial charge in [0.2, 0.25) is 0 Å². The van der Waals surface area contributed by atoms with Crippen molar-refractivity contribution in [3.8, 4) is 12.3 Å². The second-order valence-electron chi connectivity index (χ2n) is 3.59. The smallest absolute Gasteiger partial charge is 0.408 e. The Kier molecular flexibility index (Phi) is 5.05. The van der Waals surface area contributed by atoms with Crippen LogP contribution in [0.4, 0.5) is 4.79 Å². The predicted octanol–water partition coefficient (Wildman–Crippen LogP) is 1.30. The Morgan fingerprint density at radius 3 is 2.71 bits per heavy atom. The van der Waals surface area contributed by atoms with Crippen LogP contribution >= 0.6 is 0 Å². The molecule has 17 heavy (non-hydrogen) atoms. The van der Waals surface area contributed by atoms with Crippen LogP contribution in [0, 0.1) is 12.3 Å². The molecule has 0 fully saturated rings. The second kappa shape index (κ2) is 6.56. The first-order valence-electron chi connectivity index (χ1n) is 5.25. The summed E-state index contributed by atoms with van der Waals surface area (Å²) in [7, 11) is 0. The highest BCUT2D eigenvalue weighted by Gasteiger charge is 2.15. The molecule has 0 aliphatic carbocycles. The number of rotatable bonds is 4. The number of aliphatic hydroxyl groups excluding tert-OH is 1. The van der Waals surface area contributed by atoms with E-state index in [1.54, 1.807) is 0 Å². The maximum Gasteiger partial charge on any atom is 0.408 e. The average Bonchev–Trinajstić information content (AvgIpc) is 2.34. The summed E-state index contributed by atoms with van der Waals surface area (Å²) >= 11 is 0. The van der Waals surface area contributed by atoms with Crippen molar-refractivity contribution in [2.75, 3.05) is 0 Å². The fourth-order valence-electron chi connectivity index (χ4n) is 1.19. The fraction of sp³-hybridized carbons (Fsp3) is 0.308. The van der Waals surface area contributed by atoms with Crippen molar-refractivity contribution < 1.29 is 14.6 Å². The van der Waals surface area contributed by atoms with Gasteiger partial charge in [0.25, 0.3) is 0 Å². The molecule has 1 aromatic carbocycles. The van der Waals surface area contributed by atoms with Gasteiger partial charge in [-0.15, -0.1) is 6.42 Å². The summed E-state index contributed by atoms with van der Waals surface area (Å²) in [5, 5.41) is 11.6. The highest BCUT2D eigenvalue weighted by atomic mass is 16.5. The molecule has 0 unspecified atom stereocenters. The molecular formula is C13H15NO3. The normalized spacial score (nSPS) is 13.2. The lowest BCUT2D eigenvalue weighted by Crippen LogP contribution is -2.41. The maximum atomic E-state index is 11.4. The Labute approximate surface area is 101 Å². The zero-order valence-corrected chi connectivity index (χ0v) is 9.59. The molecule has 0 saturated heterocycles. The van der Waals surface area contributed by atoms with Crippen molar-refractivity contribution in [2.45, 2.75) is 25.7 Å². The van der Waals surface area contributed by atoms with Crippen LogP contribution in [0.2, 0.25) is 0 Å². The molecule has 2 atom stereocenters. The molecular weight excluding hydrogens is 218 g/mol. The highest BCUT2D eigenvalue weighted by Crippen LogP contribution is 2.01. The first-order valence-corrected chi connectivity index (χ1v) is 5.25. The number of carbonyl (C=O) groups excluding carboxylic acids is 1. The number of benzene rings is 1. The third-order valence-electron chi connectivity index (χ3n) is 2.15. The monoisotopic (exact) mass is 233 g/mol. The van der Waals surface area contributed by atoms with E-state index in [4.69, 9.17) is 11.2 Å². The molecule has 1 rings (SSSR count). The number of hydrogen-bond acceptors (Lipinski definition) is 3. The zero-order chi connectivity index (χ0) is 12.7. The molecule has 0 spiro atoms. The maximum absolute atomic E-state index is 11.4. The van der Waals surface area contributed by atoms with Crippen LogP contribution in [-0.4, -0.2) is 23.3 Å². The van der Waals surface area contributed by atoms with E-state index < -0.39 is 18.2 Å². The lowest BCUT2D eigenvalue weighted by molar-refractivity contribution is 0.120. The number of nitrogens with one attached hydrogen (secondary N) is 1. The third-order valence-corrected chi connectivity index (χ3v) is 2.15. The minimum atomic E-state index is -0.815. The SMILES string of the molecule is C#C[C@@H](NC(=O)OCc1ccccc1)[C@@H](C)O. The van der Waals surface area contributed by atoms with Gasteiger partial charge in [-0.25, -0.2) is 4.79 Å². The van der Waals surface area contributed by atoms with Crippen LogP contribution < -0.4 is 5.32 Å². The summed E-state index contributed by atoms with van der Waals surface area (Å²) in [5.41, 5.74) is 0.886. The lowest BCUT2D eigenvalue weighted by atomic mass is 10.2. The molecule has 90 valence electrons. The quantitative estimate of drug-likeness (QED) is 0.770. The lowest BCUT2D eigenvalue weighted by Gasteiger charge is -2.15. The summed E-state index contributed by atoms with van der Waals surface area (Å²) in [6.07, 6.45) is 3.69. The van der Waals surface area contributed by atoms with E-state index >= 15 is 0 Å². The largest absolute Gasteiger partial charge is 0.445 e. The summed E-state index contributed by atoms with van der Waals surface area (Å²) in [6, 6.07) is 8.55. The zero-order valence-electron chi connectivity index (χ0n) is 9.59. The number of terminal acetylenes is 1. The van der Waals surface area contributed by atoms with Gasteiger partial charge in [-0.05, 0) is 12.5 Å². The third kappa shape index (κ3) is 4.58. The summed E-state index contributed by atoms with van der Waals surface area (Å²) in [5.74, 6) is 2.27. The molecule has 4 nitrogen and oxygen atoms in total. The summed E-state index contributed by atoms with van der Waals surface area (Å²) in [4.78, 5) is 11.4. The van der Waals surface area contributed by atoms with Gasteiger partial charge >= 0.3 is 6.09 Å². The average molecular weight is 233 g/mol. The van der Waals surface area contributed by atoms with Crippen LogP contribution in [0.1, 0.15) is 12.5 Å². The number of carbonyl (C=O) groups is 1. The van der Waals surface area contributed by atoms with Crippen LogP contribution in [0.15, 0.2) is 30.3 Å². The van der Waals surface area contributed by atoms with Gasteiger partial charge < -0.3 is 15.2 Å². The van der Waals surface area contributed by atoms with Gasteiger partial charge in [0, 0.05) is 0 Å². The standard InChI is InChI=1S/C13H15NO3/c1-3-12(10(2)15)14-13(16)17-9-11-7-5-4-6-8-11/h1,4-8,10,12,15H,9H2,2H3,(H,14,16)/t10-,12-/m1/s1. The summed E-state index contributed by atoms with van der Waals surface area (Å²) in [6.45, 7) is 1.67. The van der Waals surface area contributed by atoms with Gasteiger partial charge in [-0.2, -0.15) is 0 Å². The Hall–Kier alpha value is -1.99. The number of alkyl carbamates (subject to hydrolysis) is 1. The molecule has 1 amide bonds. The Morgan fingerprint density at radius 2 is 2.18 bits per heavy atom. The molecule has 0 aliphatic rings. The van der Waals surface area contributed by atoms with E-state index in [9.17, 15) is 9.90 Å². The molecule has 4 heteroatoms. The van der Waals surface area contributed by atoms with Gasteiger partial charge in [0.15, 0.2) is 0 Å². The molecule has 0 radical (unpaired) electrons. The Balaban J connectivity index is 2.38. The van der Waals surface area contributed by atoms with E-state index in [0.717, 1.165) is 5.56 Å². The van der Waals surface area contributed by atoms with E-state index in [2.05, 4.69) is 11.2 Å². The van der Waals surface area contributed by atoms with Crippen LogP contribution in [0.5, 0.6) is 0 Å². The first-order chi connectivity index (χ1) is 8.13. The Bertz CT molecular complexity index is 395. The van der Waals surface area contributed by atoms with E-state index in [1.165, 1.54) is 6.92 Å². The van der Waals surface area contributed by atoms with Gasteiger partial charge in [-0.1, -0.05) is 36.3 Å². The van der Waals surface area contributed by atoms with Gasteiger partial charge in [0.1, 0.15) is 12.6 Å². The molecule has 0 bridgehead atoms. The van der Waals surface area contributed by atoms with Crippen LogP contribution in [-0.2, 0) is 11.3 Å². The first kappa shape index (κ1) is 13.1. The minimum absolute atomic E-state index is 0.170. The topological polar surface area (TPSA) is 58.6 Å². The molecule has 0 aromatic heterocycles. The summed E-state index contributed by atoms with van der Waals surface area (Å²) < 4.78 is 4.95. The number of ether oxygens (including phenoxy) is 1. The van der Waals surface area contributed by atoms with Crippen LogP contribution in [0.25, 0.3) is 0 Å². The molecule has 1 aromatic rings. The van der Waals surface area contributed by atoms with Crippen molar-refractivity contribution in [2.24, 2.45) is 0 Å². The van der Waals surface area contributed by atoms with Gasteiger partial charge in [0.05, 0.1) is 6.10 Å². The van der Waals surface area contributed by atoms with E-state index in [1.807, 2.05) is 30.3 Å². The Morgan fingerprint density at radius 1 is 1.53 bits per heavy atom. The van der Waals surface area contributed by atoms with Crippen molar-refractivity contribution in [1.29, 1.82) is 0 Å². The number of hydrogen-bond donors (Lipinski definition) is 2. The van der Waals surface area contributed by atoms with Crippen molar-refractivity contribution in [3.63, 3.8) is 0 Å². The van der Waals surface area contributed by atoms with E-state index in [-0.39, 0.29) is 6.61 Å².